The summed E-state index contributed by atoms with van der Waals surface area (Å²) in [5, 5.41) is 12.5. The number of ether oxygens (including phenoxy) is 1. The maximum absolute atomic E-state index is 12.8. The maximum atomic E-state index is 12.8. The molecule has 1 aromatic carbocycles. The normalized spacial score (nSPS) is 15.7. The molecule has 0 bridgehead atoms. The van der Waals surface area contributed by atoms with Crippen molar-refractivity contribution in [3.63, 3.8) is 0 Å². The number of carbonyl (C=O) groups is 2. The summed E-state index contributed by atoms with van der Waals surface area (Å²) < 4.78 is 6.92. The number of anilines is 1. The summed E-state index contributed by atoms with van der Waals surface area (Å²) in [4.78, 5) is 41.8. The molecule has 0 atom stereocenters. The number of amides is 1. The van der Waals surface area contributed by atoms with Crippen LogP contribution in [0.2, 0.25) is 0 Å². The molecule has 1 saturated heterocycles. The zero-order valence-corrected chi connectivity index (χ0v) is 19.8. The largest absolute Gasteiger partial charge is 0.462 e. The number of carbonyl (C=O) groups excluding carboxylic acids is 2. The zero-order chi connectivity index (χ0) is 24.0. The van der Waals surface area contributed by atoms with Crippen LogP contribution < -0.4 is 20.1 Å². The second kappa shape index (κ2) is 10.9. The highest BCUT2D eigenvalue weighted by Gasteiger charge is 2.20. The van der Waals surface area contributed by atoms with E-state index in [1.165, 1.54) is 10.8 Å². The van der Waals surface area contributed by atoms with Crippen molar-refractivity contribution in [1.82, 2.24) is 14.4 Å². The lowest BCUT2D eigenvalue weighted by atomic mass is 10.1. The third kappa shape index (κ3) is 5.50. The molecule has 2 heterocycles. The molecule has 9 nitrogen and oxygen atoms in total. The van der Waals surface area contributed by atoms with Gasteiger partial charge in [0.2, 0.25) is 0 Å². The first-order valence-corrected chi connectivity index (χ1v) is 11.6. The van der Waals surface area contributed by atoms with E-state index in [9.17, 15) is 19.6 Å². The van der Waals surface area contributed by atoms with E-state index in [0.29, 0.717) is 35.4 Å². The van der Waals surface area contributed by atoms with Crippen LogP contribution in [0.1, 0.15) is 24.2 Å². The van der Waals surface area contributed by atoms with Crippen LogP contribution in [-0.2, 0) is 16.1 Å². The molecule has 1 aliphatic heterocycles. The SMILES string of the molecule is CCOC(=O)/C(C#N)=c1\s/c(=C/Nc2cccc(C(=O)N3CCN(C)CC3)c2)c(=O)n1CC. The van der Waals surface area contributed by atoms with Gasteiger partial charge in [-0.1, -0.05) is 6.07 Å². The van der Waals surface area contributed by atoms with Crippen LogP contribution in [0.5, 0.6) is 0 Å². The molecule has 0 aliphatic carbocycles. The third-order valence-corrected chi connectivity index (χ3v) is 6.43. The molecule has 10 heteroatoms. The van der Waals surface area contributed by atoms with E-state index < -0.39 is 5.97 Å². The molecular weight excluding hydrogens is 442 g/mol. The number of nitrogens with zero attached hydrogens (tertiary/aromatic N) is 4. The topological polar surface area (TPSA) is 108 Å². The Hall–Kier alpha value is -3.42. The lowest BCUT2D eigenvalue weighted by Gasteiger charge is -2.32. The summed E-state index contributed by atoms with van der Waals surface area (Å²) in [6.45, 7) is 6.92. The second-order valence-corrected chi connectivity index (χ2v) is 8.52. The van der Waals surface area contributed by atoms with Crippen molar-refractivity contribution in [3.05, 3.63) is 49.4 Å². The van der Waals surface area contributed by atoms with Gasteiger partial charge in [-0.3, -0.25) is 14.2 Å². The summed E-state index contributed by atoms with van der Waals surface area (Å²) in [7, 11) is 2.04. The lowest BCUT2D eigenvalue weighted by Crippen LogP contribution is -2.47. The second-order valence-electron chi connectivity index (χ2n) is 7.49. The predicted octanol–water partition coefficient (Wildman–Crippen LogP) is 0.405. The van der Waals surface area contributed by atoms with E-state index in [1.807, 2.05) is 18.0 Å². The van der Waals surface area contributed by atoms with Crippen LogP contribution in [0, 0.1) is 11.3 Å². The fraction of sp³-hybridized carbons (Fsp3) is 0.391. The van der Waals surface area contributed by atoms with Gasteiger partial charge in [0.05, 0.1) is 6.61 Å². The van der Waals surface area contributed by atoms with Gasteiger partial charge in [-0.05, 0) is 39.1 Å². The quantitative estimate of drug-likeness (QED) is 0.611. The van der Waals surface area contributed by atoms with Gasteiger partial charge >= 0.3 is 5.97 Å². The third-order valence-electron chi connectivity index (χ3n) is 5.30. The van der Waals surface area contributed by atoms with E-state index in [0.717, 1.165) is 24.4 Å². The van der Waals surface area contributed by atoms with Crippen molar-refractivity contribution in [1.29, 1.82) is 5.26 Å². The number of thiazole rings is 1. The summed E-state index contributed by atoms with van der Waals surface area (Å²) in [6, 6.07) is 8.96. The number of likely N-dealkylation sites (N-methyl/N-ethyl adjacent to an activating group) is 1. The van der Waals surface area contributed by atoms with Crippen LogP contribution in [0.15, 0.2) is 29.1 Å². The minimum atomic E-state index is -0.752. The van der Waals surface area contributed by atoms with Gasteiger partial charge < -0.3 is 19.9 Å². The number of nitriles is 1. The van der Waals surface area contributed by atoms with Crippen molar-refractivity contribution in [3.8, 4) is 6.07 Å². The number of nitrogens with one attached hydrogen (secondary N) is 1. The van der Waals surface area contributed by atoms with Gasteiger partial charge in [0.25, 0.3) is 11.5 Å². The Morgan fingerprint density at radius 2 is 1.97 bits per heavy atom. The Balaban J connectivity index is 1.90. The highest BCUT2D eigenvalue weighted by atomic mass is 32.1. The first-order chi connectivity index (χ1) is 15.9. The number of rotatable bonds is 6. The number of hydrogen-bond acceptors (Lipinski definition) is 8. The van der Waals surface area contributed by atoms with Crippen molar-refractivity contribution in [2.75, 3.05) is 45.2 Å². The van der Waals surface area contributed by atoms with Crippen molar-refractivity contribution in [2.45, 2.75) is 20.4 Å². The van der Waals surface area contributed by atoms with Crippen molar-refractivity contribution >= 4 is 40.7 Å². The van der Waals surface area contributed by atoms with Crippen LogP contribution in [-0.4, -0.2) is 66.1 Å². The summed E-state index contributed by atoms with van der Waals surface area (Å²) >= 11 is 1.04. The molecule has 0 unspecified atom stereocenters. The number of benzene rings is 1. The average molecular weight is 470 g/mol. The fourth-order valence-electron chi connectivity index (χ4n) is 3.46. The van der Waals surface area contributed by atoms with Gasteiger partial charge in [-0.15, -0.1) is 11.3 Å². The molecule has 3 rings (SSSR count). The Morgan fingerprint density at radius 1 is 1.24 bits per heavy atom. The Bertz CT molecular complexity index is 1250. The molecular formula is C23H27N5O4S. The van der Waals surface area contributed by atoms with E-state index in [1.54, 1.807) is 38.1 Å². The standard InChI is InChI=1S/C23H27N5O4S/c1-4-28-21(30)19(33-22(28)18(14-24)23(31)32-5-2)15-25-17-8-6-7-16(13-17)20(29)27-11-9-26(3)10-12-27/h6-8,13,15,25H,4-5,9-12H2,1-3H3/b19-15+,22-18-. The Labute approximate surface area is 195 Å². The molecule has 1 aliphatic rings. The van der Waals surface area contributed by atoms with E-state index in [2.05, 4.69) is 10.2 Å². The molecule has 1 N–H and O–H groups in total. The van der Waals surface area contributed by atoms with Gasteiger partial charge in [-0.2, -0.15) is 5.26 Å². The highest BCUT2D eigenvalue weighted by Crippen LogP contribution is 2.14. The molecule has 0 saturated carbocycles. The molecule has 174 valence electrons. The number of hydrogen-bond donors (Lipinski definition) is 1. The van der Waals surface area contributed by atoms with Crippen LogP contribution in [0.3, 0.4) is 0 Å². The smallest absolute Gasteiger partial charge is 0.351 e. The molecule has 2 aromatic rings. The summed E-state index contributed by atoms with van der Waals surface area (Å²) in [5.74, 6) is -0.778. The summed E-state index contributed by atoms with van der Waals surface area (Å²) in [6.07, 6.45) is 1.53. The zero-order valence-electron chi connectivity index (χ0n) is 19.0. The number of esters is 1. The van der Waals surface area contributed by atoms with Crippen LogP contribution in [0.25, 0.3) is 11.8 Å². The van der Waals surface area contributed by atoms with E-state index in [4.69, 9.17) is 4.74 Å². The first kappa shape index (κ1) is 24.2. The predicted molar refractivity (Wildman–Crippen MR) is 127 cm³/mol. The minimum absolute atomic E-state index is 0.0267. The Kier molecular flexibility index (Phi) is 8.03. The van der Waals surface area contributed by atoms with Crippen molar-refractivity contribution < 1.29 is 14.3 Å². The highest BCUT2D eigenvalue weighted by molar-refractivity contribution is 7.07. The molecule has 0 spiro atoms. The van der Waals surface area contributed by atoms with Crippen LogP contribution in [0.4, 0.5) is 5.69 Å². The molecule has 0 radical (unpaired) electrons. The molecule has 33 heavy (non-hydrogen) atoms. The van der Waals surface area contributed by atoms with Gasteiger partial charge in [-0.25, -0.2) is 4.79 Å². The number of piperazine rings is 1. The number of aromatic nitrogens is 1. The Morgan fingerprint density at radius 3 is 2.61 bits per heavy atom. The van der Waals surface area contributed by atoms with Gasteiger partial charge in [0.15, 0.2) is 5.57 Å². The van der Waals surface area contributed by atoms with Crippen molar-refractivity contribution in [2.24, 2.45) is 0 Å². The summed E-state index contributed by atoms with van der Waals surface area (Å²) in [5.41, 5.74) is 0.715. The lowest BCUT2D eigenvalue weighted by molar-refractivity contribution is -0.136. The van der Waals surface area contributed by atoms with Gasteiger partial charge in [0.1, 0.15) is 15.3 Å². The van der Waals surface area contributed by atoms with Gasteiger partial charge in [0, 0.05) is 50.2 Å². The molecule has 1 amide bonds. The van der Waals surface area contributed by atoms with E-state index in [-0.39, 0.29) is 28.3 Å². The molecule has 1 aromatic heterocycles. The fourth-order valence-corrected chi connectivity index (χ4v) is 4.54. The first-order valence-electron chi connectivity index (χ1n) is 10.7. The monoisotopic (exact) mass is 469 g/mol. The maximum Gasteiger partial charge on any atom is 0.351 e. The van der Waals surface area contributed by atoms with E-state index >= 15 is 0 Å². The minimum Gasteiger partial charge on any atom is -0.462 e. The van der Waals surface area contributed by atoms with Crippen LogP contribution >= 0.6 is 11.3 Å². The average Bonchev–Trinajstić information content (AvgIpc) is 3.13. The molecule has 1 fully saturated rings.